The van der Waals surface area contributed by atoms with Crippen LogP contribution in [0.4, 0.5) is 0 Å². The Balaban J connectivity index is 1.63. The molecule has 1 aromatic rings. The molecule has 0 amide bonds. The molecule has 7 nitrogen and oxygen atoms in total. The molecule has 2 saturated heterocycles. The van der Waals surface area contributed by atoms with Gasteiger partial charge in [0, 0.05) is 0 Å². The zero-order chi connectivity index (χ0) is 19.8. The first-order valence-electron chi connectivity index (χ1n) is 10.0. The number of rotatable bonds is 4. The molecule has 1 N–H and O–H groups in total. The van der Waals surface area contributed by atoms with Gasteiger partial charge in [0.05, 0.1) is 0 Å². The van der Waals surface area contributed by atoms with Gasteiger partial charge in [0.1, 0.15) is 0 Å². The number of hydrogen-bond donors (Lipinski definition) is 1. The average Bonchev–Trinajstić information content (AvgIpc) is 2.71. The Morgan fingerprint density at radius 2 is 1.64 bits per heavy atom. The molecule has 2 aliphatic heterocycles. The van der Waals surface area contributed by atoms with Crippen LogP contribution in [0.15, 0.2) is 18.2 Å². The second-order valence-electron chi connectivity index (χ2n) is 7.46. The summed E-state index contributed by atoms with van der Waals surface area (Å²) in [5.41, 5.74) is 0.985. The molecule has 0 saturated carbocycles. The summed E-state index contributed by atoms with van der Waals surface area (Å²) >= 11 is 2.75. The molecule has 158 valence electrons. The van der Waals surface area contributed by atoms with Crippen molar-refractivity contribution < 1.29 is 27.4 Å². The summed E-state index contributed by atoms with van der Waals surface area (Å²) in [7, 11) is 0. The van der Waals surface area contributed by atoms with Crippen LogP contribution in [0.1, 0.15) is 29.0 Å². The molecule has 2 atom stereocenters. The summed E-state index contributed by atoms with van der Waals surface area (Å²) in [6.45, 7) is 12.1. The van der Waals surface area contributed by atoms with E-state index in [1.807, 2.05) is 6.07 Å². The van der Waals surface area contributed by atoms with Gasteiger partial charge in [-0.2, -0.15) is 0 Å². The van der Waals surface area contributed by atoms with Crippen LogP contribution in [-0.4, -0.2) is 99.3 Å². The molecule has 2 aliphatic rings. The summed E-state index contributed by atoms with van der Waals surface area (Å²) < 4.78 is 2.68. The van der Waals surface area contributed by atoms with E-state index in [2.05, 4.69) is 41.4 Å². The first-order valence-corrected chi connectivity index (χ1v) is 17.3. The number of hydrogen-bond acceptors (Lipinski definition) is 6. The molecule has 0 aromatic carbocycles. The van der Waals surface area contributed by atoms with Crippen molar-refractivity contribution in [2.24, 2.45) is 0 Å². The van der Waals surface area contributed by atoms with Crippen molar-refractivity contribution in [1.29, 1.82) is 0 Å². The molecule has 0 spiro atoms. The average molecular weight is 614 g/mol. The topological polar surface area (TPSA) is 63.2 Å². The van der Waals surface area contributed by atoms with Crippen molar-refractivity contribution in [3.05, 3.63) is 29.6 Å². The van der Waals surface area contributed by atoms with Crippen LogP contribution in [0.2, 0.25) is 0 Å². The van der Waals surface area contributed by atoms with Crippen LogP contribution in [-0.2, 0) is 6.54 Å². The van der Waals surface area contributed by atoms with Crippen molar-refractivity contribution in [2.75, 3.05) is 65.4 Å². The number of carboxylic acid groups (broad SMARTS) is 1. The van der Waals surface area contributed by atoms with Gasteiger partial charge >= 0.3 is 173 Å². The molecule has 9 heteroatoms. The standard InChI is InChI=1S/C19H30I2N5O2/c20-21-26-9-3-7-23-10-11-24(14-15-26)6-2-8-25(13-12-23)16-17-4-1-5-18(22-17)19(27)28/h1,4-5H,2-3,6-16H2,(H,27,28)/q-1. The predicted molar refractivity (Wildman–Crippen MR) is 114 cm³/mol. The third-order valence-electron chi connectivity index (χ3n) is 5.45. The fourth-order valence-corrected chi connectivity index (χ4v) is 7.20. The summed E-state index contributed by atoms with van der Waals surface area (Å²) in [5.74, 6) is -0.956. The molecule has 28 heavy (non-hydrogen) atoms. The summed E-state index contributed by atoms with van der Waals surface area (Å²) in [4.78, 5) is 23.2. The Morgan fingerprint density at radius 1 is 0.964 bits per heavy atom. The molecule has 2 bridgehead atoms. The fraction of sp³-hybridized carbons (Fsp3) is 0.684. The number of carbonyl (C=O) groups is 1. The molecule has 0 radical (unpaired) electrons. The third kappa shape index (κ3) is 7.31. The number of nitrogens with zero attached hydrogens (tertiary/aromatic N) is 5. The number of aromatic carboxylic acids is 1. The monoisotopic (exact) mass is 614 g/mol. The van der Waals surface area contributed by atoms with Gasteiger partial charge in [0.2, 0.25) is 0 Å². The van der Waals surface area contributed by atoms with E-state index >= 15 is 0 Å². The third-order valence-corrected chi connectivity index (χ3v) is 10.4. The van der Waals surface area contributed by atoms with Crippen molar-refractivity contribution in [2.45, 2.75) is 19.4 Å². The van der Waals surface area contributed by atoms with Crippen LogP contribution in [0.25, 0.3) is 0 Å². The van der Waals surface area contributed by atoms with Gasteiger partial charge in [0.25, 0.3) is 0 Å². The molecule has 2 fully saturated rings. The van der Waals surface area contributed by atoms with E-state index < -0.39 is 5.97 Å². The van der Waals surface area contributed by atoms with Gasteiger partial charge in [-0.15, -0.1) is 0 Å². The van der Waals surface area contributed by atoms with Crippen molar-refractivity contribution in [1.82, 2.24) is 22.8 Å². The van der Waals surface area contributed by atoms with Crippen molar-refractivity contribution in [3.8, 4) is 0 Å². The van der Waals surface area contributed by atoms with E-state index in [0.29, 0.717) is 0 Å². The van der Waals surface area contributed by atoms with Crippen LogP contribution in [0, 0.1) is 0 Å². The Kier molecular flexibility index (Phi) is 9.64. The van der Waals surface area contributed by atoms with Crippen LogP contribution in [0.5, 0.6) is 0 Å². The number of halogens is 2. The molecule has 1 aromatic heterocycles. The number of aromatic nitrogens is 1. The van der Waals surface area contributed by atoms with Crippen molar-refractivity contribution >= 4 is 24.6 Å². The molecular formula is C19H30I2N5O2-. The second kappa shape index (κ2) is 11.9. The first-order chi connectivity index (χ1) is 13.6. The maximum atomic E-state index is 11.2. The Hall–Kier alpha value is -0.0800. The Labute approximate surface area is 188 Å². The van der Waals surface area contributed by atoms with Crippen LogP contribution in [0.3, 0.4) is 0 Å². The summed E-state index contributed by atoms with van der Waals surface area (Å²) in [6, 6.07) is 5.30. The van der Waals surface area contributed by atoms with E-state index in [1.54, 1.807) is 12.1 Å². The van der Waals surface area contributed by atoms with Gasteiger partial charge in [-0.3, -0.25) is 0 Å². The number of pyridine rings is 1. The quantitative estimate of drug-likeness (QED) is 0.333. The Morgan fingerprint density at radius 3 is 2.36 bits per heavy atom. The van der Waals surface area contributed by atoms with E-state index in [1.165, 1.54) is 39.1 Å². The van der Waals surface area contributed by atoms with Gasteiger partial charge in [0.15, 0.2) is 0 Å². The van der Waals surface area contributed by atoms with Crippen LogP contribution >= 0.6 is 18.6 Å². The van der Waals surface area contributed by atoms with E-state index in [0.717, 1.165) is 51.4 Å². The number of carboxylic acids is 1. The van der Waals surface area contributed by atoms with Gasteiger partial charge in [-0.1, -0.05) is 0 Å². The van der Waals surface area contributed by atoms with Gasteiger partial charge < -0.3 is 5.11 Å². The van der Waals surface area contributed by atoms with E-state index in [9.17, 15) is 9.90 Å². The molecule has 3 rings (SSSR count). The van der Waals surface area contributed by atoms with E-state index in [4.69, 9.17) is 0 Å². The summed E-state index contributed by atoms with van der Waals surface area (Å²) in [5, 5.41) is 9.19. The predicted octanol–water partition coefficient (Wildman–Crippen LogP) is -1.35. The zero-order valence-corrected chi connectivity index (χ0v) is 20.6. The fourth-order valence-electron chi connectivity index (χ4n) is 3.83. The zero-order valence-electron chi connectivity index (χ0n) is 16.3. The first kappa shape index (κ1) is 22.6. The van der Waals surface area contributed by atoms with Gasteiger partial charge in [-0.05, 0) is 6.07 Å². The van der Waals surface area contributed by atoms with Gasteiger partial charge in [-0.25, -0.2) is 4.79 Å². The molecule has 0 aliphatic carbocycles. The van der Waals surface area contributed by atoms with E-state index in [-0.39, 0.29) is 23.2 Å². The minimum atomic E-state index is -0.956. The summed E-state index contributed by atoms with van der Waals surface area (Å²) in [6.07, 6.45) is 2.41. The SMILES string of the molecule is O=C(O)c1cccc(CN2CCCN3CCN(CCCN([I-]I)CC3)CC2)n1. The van der Waals surface area contributed by atoms with Crippen molar-refractivity contribution in [3.63, 3.8) is 0 Å². The second-order valence-corrected chi connectivity index (χ2v) is 11.6. The molecular weight excluding hydrogens is 584 g/mol. The Bertz CT molecular complexity index is 634. The molecule has 2 unspecified atom stereocenters. The van der Waals surface area contributed by atoms with Crippen LogP contribution < -0.4 is 17.5 Å². The normalized spacial score (nSPS) is 26.2. The molecule has 3 heterocycles. The minimum absolute atomic E-state index is 0.135. The maximum absolute atomic E-state index is 11.2. The number of fused-ring (bicyclic) bond motifs is 3.